The first kappa shape index (κ1) is 12.5. The molecule has 2 aromatic heterocycles. The maximum absolute atomic E-state index is 12.3. The minimum Gasteiger partial charge on any atom is -0.335 e. The first-order valence-electron chi connectivity index (χ1n) is 6.21. The molecule has 96 valence electrons. The van der Waals surface area contributed by atoms with Crippen LogP contribution in [0.3, 0.4) is 0 Å². The molecule has 5 nitrogen and oxygen atoms in total. The first-order valence-corrected chi connectivity index (χ1v) is 6.21. The van der Waals surface area contributed by atoms with Crippen LogP contribution in [0.25, 0.3) is 0 Å². The summed E-state index contributed by atoms with van der Waals surface area (Å²) in [6.45, 7) is 4.87. The number of nitrogens with zero attached hydrogens (tertiary/aromatic N) is 4. The van der Waals surface area contributed by atoms with E-state index in [1.807, 2.05) is 31.7 Å². The SMILES string of the molecule is CCc1nn(C)cc1C(=O)Cc1nccn1CC. The number of Topliss-reactive ketones (excluding diaryl/α,β-unsaturated/α-hetero) is 1. The fourth-order valence-electron chi connectivity index (χ4n) is 2.06. The van der Waals surface area contributed by atoms with Gasteiger partial charge >= 0.3 is 0 Å². The highest BCUT2D eigenvalue weighted by molar-refractivity contribution is 5.98. The molecule has 5 heteroatoms. The Morgan fingerprint density at radius 1 is 1.39 bits per heavy atom. The Morgan fingerprint density at radius 3 is 2.83 bits per heavy atom. The largest absolute Gasteiger partial charge is 0.335 e. The van der Waals surface area contributed by atoms with Crippen molar-refractivity contribution in [2.75, 3.05) is 0 Å². The van der Waals surface area contributed by atoms with Crippen molar-refractivity contribution in [3.8, 4) is 0 Å². The number of carbonyl (C=O) groups is 1. The van der Waals surface area contributed by atoms with E-state index in [1.165, 1.54) is 0 Å². The van der Waals surface area contributed by atoms with Crippen LogP contribution in [0.5, 0.6) is 0 Å². The molecule has 0 radical (unpaired) electrons. The van der Waals surface area contributed by atoms with E-state index in [0.29, 0.717) is 12.0 Å². The van der Waals surface area contributed by atoms with Crippen LogP contribution in [-0.2, 0) is 26.4 Å². The van der Waals surface area contributed by atoms with Gasteiger partial charge in [0.1, 0.15) is 5.82 Å². The minimum atomic E-state index is 0.0841. The standard InChI is InChI=1S/C13H18N4O/c1-4-11-10(9-16(3)15-11)12(18)8-13-14-6-7-17(13)5-2/h6-7,9H,4-5,8H2,1-3H3. The fourth-order valence-corrected chi connectivity index (χ4v) is 2.06. The lowest BCUT2D eigenvalue weighted by atomic mass is 10.1. The summed E-state index contributed by atoms with van der Waals surface area (Å²) in [5, 5.41) is 4.29. The Hall–Kier alpha value is -1.91. The average Bonchev–Trinajstić information content (AvgIpc) is 2.94. The van der Waals surface area contributed by atoms with Crippen LogP contribution in [0, 0.1) is 0 Å². The van der Waals surface area contributed by atoms with Gasteiger partial charge in [-0.15, -0.1) is 0 Å². The Labute approximate surface area is 106 Å². The Kier molecular flexibility index (Phi) is 3.60. The zero-order valence-electron chi connectivity index (χ0n) is 11.1. The molecule has 0 fully saturated rings. The highest BCUT2D eigenvalue weighted by atomic mass is 16.1. The van der Waals surface area contributed by atoms with Crippen molar-refractivity contribution in [3.05, 3.63) is 35.7 Å². The number of carbonyl (C=O) groups excluding carboxylic acids is 1. The number of imidazole rings is 1. The Balaban J connectivity index is 2.21. The van der Waals surface area contributed by atoms with Gasteiger partial charge in [-0.2, -0.15) is 5.10 Å². The van der Waals surface area contributed by atoms with Gasteiger partial charge in [-0.25, -0.2) is 4.98 Å². The third-order valence-corrected chi connectivity index (χ3v) is 3.00. The highest BCUT2D eigenvalue weighted by Crippen LogP contribution is 2.11. The molecule has 0 N–H and O–H groups in total. The second kappa shape index (κ2) is 5.16. The quantitative estimate of drug-likeness (QED) is 0.753. The van der Waals surface area contributed by atoms with Gasteiger partial charge in [0.25, 0.3) is 0 Å². The van der Waals surface area contributed by atoms with Crippen molar-refractivity contribution in [1.29, 1.82) is 0 Å². The second-order valence-corrected chi connectivity index (χ2v) is 4.25. The molecule has 2 heterocycles. The number of hydrogen-bond donors (Lipinski definition) is 0. The van der Waals surface area contributed by atoms with Crippen molar-refractivity contribution >= 4 is 5.78 Å². The van der Waals surface area contributed by atoms with E-state index in [1.54, 1.807) is 17.1 Å². The van der Waals surface area contributed by atoms with E-state index in [0.717, 1.165) is 24.5 Å². The molecule has 0 aliphatic heterocycles. The Bertz CT molecular complexity index is 553. The van der Waals surface area contributed by atoms with Gasteiger partial charge in [-0.1, -0.05) is 6.92 Å². The van der Waals surface area contributed by atoms with E-state index >= 15 is 0 Å². The van der Waals surface area contributed by atoms with Crippen LogP contribution in [0.4, 0.5) is 0 Å². The van der Waals surface area contributed by atoms with Crippen molar-refractivity contribution < 1.29 is 4.79 Å². The zero-order valence-corrected chi connectivity index (χ0v) is 11.1. The normalized spacial score (nSPS) is 10.8. The molecule has 2 aromatic rings. The van der Waals surface area contributed by atoms with Gasteiger partial charge in [0.2, 0.25) is 0 Å². The monoisotopic (exact) mass is 246 g/mol. The number of aromatic nitrogens is 4. The van der Waals surface area contributed by atoms with Crippen molar-refractivity contribution in [2.24, 2.45) is 7.05 Å². The second-order valence-electron chi connectivity index (χ2n) is 4.25. The number of rotatable bonds is 5. The minimum absolute atomic E-state index is 0.0841. The van der Waals surface area contributed by atoms with Crippen LogP contribution in [-0.4, -0.2) is 25.1 Å². The van der Waals surface area contributed by atoms with Crippen molar-refractivity contribution in [1.82, 2.24) is 19.3 Å². The van der Waals surface area contributed by atoms with Gasteiger partial charge in [-0.05, 0) is 13.3 Å². The zero-order chi connectivity index (χ0) is 13.1. The summed E-state index contributed by atoms with van der Waals surface area (Å²) in [5.74, 6) is 0.897. The predicted octanol–water partition coefficient (Wildman–Crippen LogP) is 1.62. The molecule has 0 amide bonds. The topological polar surface area (TPSA) is 52.7 Å². The third kappa shape index (κ3) is 2.34. The molecule has 0 unspecified atom stereocenters. The summed E-state index contributed by atoms with van der Waals surface area (Å²) >= 11 is 0. The van der Waals surface area contributed by atoms with Gasteiger partial charge in [-0.3, -0.25) is 9.48 Å². The molecule has 0 aliphatic rings. The lowest BCUT2D eigenvalue weighted by Gasteiger charge is -2.03. The van der Waals surface area contributed by atoms with E-state index in [-0.39, 0.29) is 5.78 Å². The summed E-state index contributed by atoms with van der Waals surface area (Å²) < 4.78 is 3.68. The molecule has 0 saturated carbocycles. The summed E-state index contributed by atoms with van der Waals surface area (Å²) in [6.07, 6.45) is 6.52. The van der Waals surface area contributed by atoms with E-state index in [4.69, 9.17) is 0 Å². The van der Waals surface area contributed by atoms with Crippen molar-refractivity contribution in [3.63, 3.8) is 0 Å². The molecule has 0 aromatic carbocycles. The Morgan fingerprint density at radius 2 is 2.17 bits per heavy atom. The predicted molar refractivity (Wildman–Crippen MR) is 68.5 cm³/mol. The van der Waals surface area contributed by atoms with Crippen molar-refractivity contribution in [2.45, 2.75) is 33.2 Å². The molecule has 0 atom stereocenters. The molecular weight excluding hydrogens is 228 g/mol. The third-order valence-electron chi connectivity index (χ3n) is 3.00. The molecule has 0 saturated heterocycles. The smallest absolute Gasteiger partial charge is 0.173 e. The summed E-state index contributed by atoms with van der Waals surface area (Å²) in [4.78, 5) is 16.5. The molecule has 0 spiro atoms. The van der Waals surface area contributed by atoms with E-state index in [2.05, 4.69) is 10.1 Å². The first-order chi connectivity index (χ1) is 8.65. The molecule has 0 bridgehead atoms. The van der Waals surface area contributed by atoms with Crippen LogP contribution in [0.2, 0.25) is 0 Å². The molecule has 18 heavy (non-hydrogen) atoms. The molecule has 0 aliphatic carbocycles. The van der Waals surface area contributed by atoms with Gasteiger partial charge in [0.05, 0.1) is 17.7 Å². The average molecular weight is 246 g/mol. The molecular formula is C13H18N4O. The van der Waals surface area contributed by atoms with Gasteiger partial charge in [0, 0.05) is 32.2 Å². The summed E-state index contributed by atoms with van der Waals surface area (Å²) in [6, 6.07) is 0. The summed E-state index contributed by atoms with van der Waals surface area (Å²) in [7, 11) is 1.84. The molecule has 2 rings (SSSR count). The summed E-state index contributed by atoms with van der Waals surface area (Å²) in [5.41, 5.74) is 1.57. The fraction of sp³-hybridized carbons (Fsp3) is 0.462. The maximum Gasteiger partial charge on any atom is 0.173 e. The number of aryl methyl sites for hydroxylation is 3. The van der Waals surface area contributed by atoms with E-state index in [9.17, 15) is 4.79 Å². The van der Waals surface area contributed by atoms with E-state index < -0.39 is 0 Å². The van der Waals surface area contributed by atoms with Gasteiger partial charge < -0.3 is 4.57 Å². The number of hydrogen-bond acceptors (Lipinski definition) is 3. The lowest BCUT2D eigenvalue weighted by Crippen LogP contribution is -2.10. The number of ketones is 1. The van der Waals surface area contributed by atoms with Crippen LogP contribution in [0.1, 0.15) is 35.7 Å². The van der Waals surface area contributed by atoms with Crippen LogP contribution in [0.15, 0.2) is 18.6 Å². The van der Waals surface area contributed by atoms with Gasteiger partial charge in [0.15, 0.2) is 5.78 Å². The lowest BCUT2D eigenvalue weighted by molar-refractivity contribution is 0.0989. The maximum atomic E-state index is 12.3. The van der Waals surface area contributed by atoms with Crippen LogP contribution >= 0.6 is 0 Å². The van der Waals surface area contributed by atoms with Crippen LogP contribution < -0.4 is 0 Å². The highest BCUT2D eigenvalue weighted by Gasteiger charge is 2.16.